The quantitative estimate of drug-likeness (QED) is 0.791. The van der Waals surface area contributed by atoms with Crippen LogP contribution in [0.1, 0.15) is 12.8 Å². The Bertz CT molecular complexity index is 675. The molecule has 0 saturated carbocycles. The Balaban J connectivity index is 2.04. The lowest BCUT2D eigenvalue weighted by Crippen LogP contribution is -2.46. The molecule has 1 atom stereocenters. The highest BCUT2D eigenvalue weighted by atomic mass is 79.9. The number of carbonyl (C=O) groups excluding carboxylic acids is 1. The summed E-state index contributed by atoms with van der Waals surface area (Å²) in [5.74, 6) is -1.54. The van der Waals surface area contributed by atoms with Crippen molar-refractivity contribution >= 4 is 43.2 Å². The smallest absolute Gasteiger partial charge is 0.347 e. The molecule has 0 spiro atoms. The van der Waals surface area contributed by atoms with E-state index in [-0.39, 0.29) is 17.3 Å². The number of alkyl halides is 3. The van der Waals surface area contributed by atoms with Crippen molar-refractivity contribution in [2.75, 3.05) is 19.6 Å². The van der Waals surface area contributed by atoms with Gasteiger partial charge in [0.1, 0.15) is 10.8 Å². The van der Waals surface area contributed by atoms with Crippen LogP contribution >= 0.6 is 27.3 Å². The third-order valence-electron chi connectivity index (χ3n) is 3.36. The van der Waals surface area contributed by atoms with Crippen LogP contribution in [-0.4, -0.2) is 44.4 Å². The number of rotatable bonds is 4. The molecule has 1 saturated heterocycles. The van der Waals surface area contributed by atoms with Gasteiger partial charge < -0.3 is 5.32 Å². The van der Waals surface area contributed by atoms with Crippen LogP contribution in [0.25, 0.3) is 0 Å². The second-order valence-corrected chi connectivity index (χ2v) is 9.72. The van der Waals surface area contributed by atoms with Crippen LogP contribution in [0.2, 0.25) is 0 Å². The van der Waals surface area contributed by atoms with E-state index in [0.29, 0.717) is 16.6 Å². The molecule has 1 aliphatic rings. The Kier molecular flexibility index (Phi) is 5.75. The first kappa shape index (κ1) is 18.7. The molecule has 130 valence electrons. The van der Waals surface area contributed by atoms with Crippen molar-refractivity contribution < 1.29 is 26.4 Å². The Morgan fingerprint density at radius 3 is 2.70 bits per heavy atom. The average Bonchev–Trinajstić information content (AvgIpc) is 2.91. The van der Waals surface area contributed by atoms with Gasteiger partial charge in [-0.05, 0) is 40.9 Å². The number of sulfonamides is 1. The lowest BCUT2D eigenvalue weighted by atomic mass is 9.99. The highest BCUT2D eigenvalue weighted by molar-refractivity contribution is 9.11. The summed E-state index contributed by atoms with van der Waals surface area (Å²) < 4.78 is 63.4. The van der Waals surface area contributed by atoms with Crippen molar-refractivity contribution in [2.45, 2.75) is 23.2 Å². The van der Waals surface area contributed by atoms with E-state index in [1.54, 1.807) is 6.07 Å². The summed E-state index contributed by atoms with van der Waals surface area (Å²) in [6, 6.07) is 3.06. The second kappa shape index (κ2) is 7.08. The van der Waals surface area contributed by atoms with Crippen LogP contribution in [0, 0.1) is 5.92 Å². The van der Waals surface area contributed by atoms with E-state index in [9.17, 15) is 26.4 Å². The van der Waals surface area contributed by atoms with Crippen molar-refractivity contribution in [1.82, 2.24) is 9.62 Å². The first-order valence-electron chi connectivity index (χ1n) is 6.69. The number of nitrogens with zero attached hydrogens (tertiary/aromatic N) is 1. The maximum atomic E-state index is 12.5. The molecule has 1 aromatic rings. The zero-order chi connectivity index (χ0) is 17.3. The van der Waals surface area contributed by atoms with Crippen LogP contribution in [0.5, 0.6) is 0 Å². The van der Waals surface area contributed by atoms with Crippen molar-refractivity contribution in [3.05, 3.63) is 15.9 Å². The van der Waals surface area contributed by atoms with E-state index >= 15 is 0 Å². The van der Waals surface area contributed by atoms with Crippen LogP contribution in [0.4, 0.5) is 13.2 Å². The van der Waals surface area contributed by atoms with Gasteiger partial charge in [0.2, 0.25) is 5.91 Å². The van der Waals surface area contributed by atoms with Crippen molar-refractivity contribution in [1.29, 1.82) is 0 Å². The first-order valence-corrected chi connectivity index (χ1v) is 9.74. The molecule has 0 radical (unpaired) electrons. The summed E-state index contributed by atoms with van der Waals surface area (Å²) in [6.45, 7) is -1.27. The first-order chi connectivity index (χ1) is 10.6. The zero-order valence-corrected chi connectivity index (χ0v) is 15.0. The summed E-state index contributed by atoms with van der Waals surface area (Å²) in [6.07, 6.45) is -3.70. The molecule has 11 heteroatoms. The number of nitrogens with one attached hydrogen (secondary N) is 1. The van der Waals surface area contributed by atoms with Gasteiger partial charge in [-0.15, -0.1) is 11.3 Å². The van der Waals surface area contributed by atoms with E-state index in [2.05, 4.69) is 15.9 Å². The zero-order valence-electron chi connectivity index (χ0n) is 11.8. The molecule has 0 aromatic carbocycles. The normalized spacial score (nSPS) is 20.4. The molecule has 1 aliphatic heterocycles. The summed E-state index contributed by atoms with van der Waals surface area (Å²) in [4.78, 5) is 11.8. The standard InChI is InChI=1S/C12H14BrF3N2O3S2/c13-9-3-4-10(22-9)23(20,21)18-5-1-2-8(6-18)11(19)17-7-12(14,15)16/h3-4,8H,1-2,5-7H2,(H,17,19). The number of halogens is 4. The van der Waals surface area contributed by atoms with Crippen LogP contribution in [0.15, 0.2) is 20.1 Å². The SMILES string of the molecule is O=C(NCC(F)(F)F)C1CCCN(S(=O)(=O)c2ccc(Br)s2)C1. The predicted octanol–water partition coefficient (Wildman–Crippen LogP) is 2.59. The second-order valence-electron chi connectivity index (χ2n) is 5.09. The minimum atomic E-state index is -4.49. The minimum Gasteiger partial charge on any atom is -0.347 e. The minimum absolute atomic E-state index is 0.110. The van der Waals surface area contributed by atoms with E-state index in [1.165, 1.54) is 6.07 Å². The molecule has 1 fully saturated rings. The van der Waals surface area contributed by atoms with Crippen LogP contribution in [-0.2, 0) is 14.8 Å². The Hall–Kier alpha value is -0.650. The number of carbonyl (C=O) groups is 1. The highest BCUT2D eigenvalue weighted by Gasteiger charge is 2.35. The third kappa shape index (κ3) is 4.91. The topological polar surface area (TPSA) is 66.5 Å². The summed E-state index contributed by atoms with van der Waals surface area (Å²) in [5.41, 5.74) is 0. The predicted molar refractivity (Wildman–Crippen MR) is 82.6 cm³/mol. The summed E-state index contributed by atoms with van der Waals surface area (Å²) >= 11 is 4.24. The molecule has 5 nitrogen and oxygen atoms in total. The molecular formula is C12H14BrF3N2O3S2. The van der Waals surface area contributed by atoms with Crippen molar-refractivity contribution in [3.8, 4) is 0 Å². The fourth-order valence-electron chi connectivity index (χ4n) is 2.27. The number of amides is 1. The van der Waals surface area contributed by atoms with Crippen LogP contribution < -0.4 is 5.32 Å². The number of hydrogen-bond donors (Lipinski definition) is 1. The Morgan fingerprint density at radius 2 is 2.13 bits per heavy atom. The molecule has 1 amide bonds. The molecule has 23 heavy (non-hydrogen) atoms. The molecule has 1 unspecified atom stereocenters. The number of hydrogen-bond acceptors (Lipinski definition) is 4. The molecule has 1 N–H and O–H groups in total. The molecule has 0 aliphatic carbocycles. The molecule has 2 heterocycles. The van der Waals surface area contributed by atoms with Gasteiger partial charge in [-0.3, -0.25) is 4.79 Å². The molecular weight excluding hydrogens is 421 g/mol. The van der Waals surface area contributed by atoms with E-state index in [1.807, 2.05) is 5.32 Å². The van der Waals surface area contributed by atoms with Gasteiger partial charge in [0.15, 0.2) is 0 Å². The van der Waals surface area contributed by atoms with Gasteiger partial charge in [-0.2, -0.15) is 17.5 Å². The Labute approximate surface area is 144 Å². The van der Waals surface area contributed by atoms with Gasteiger partial charge in [-0.25, -0.2) is 8.42 Å². The lowest BCUT2D eigenvalue weighted by molar-refractivity contribution is -0.141. The summed E-state index contributed by atoms with van der Waals surface area (Å²) in [5, 5.41) is 1.82. The monoisotopic (exact) mass is 434 g/mol. The molecule has 1 aromatic heterocycles. The highest BCUT2D eigenvalue weighted by Crippen LogP contribution is 2.30. The average molecular weight is 435 g/mol. The third-order valence-corrected chi connectivity index (χ3v) is 7.32. The van der Waals surface area contributed by atoms with Crippen LogP contribution in [0.3, 0.4) is 0 Å². The lowest BCUT2D eigenvalue weighted by Gasteiger charge is -2.30. The van der Waals surface area contributed by atoms with Gasteiger partial charge in [-0.1, -0.05) is 0 Å². The summed E-state index contributed by atoms with van der Waals surface area (Å²) in [7, 11) is -3.73. The number of piperidine rings is 1. The number of thiophene rings is 1. The van der Waals surface area contributed by atoms with Crippen molar-refractivity contribution in [3.63, 3.8) is 0 Å². The van der Waals surface area contributed by atoms with Gasteiger partial charge in [0, 0.05) is 13.1 Å². The largest absolute Gasteiger partial charge is 0.405 e. The fraction of sp³-hybridized carbons (Fsp3) is 0.583. The van der Waals surface area contributed by atoms with E-state index < -0.39 is 34.6 Å². The van der Waals surface area contributed by atoms with E-state index in [4.69, 9.17) is 0 Å². The van der Waals surface area contributed by atoms with Gasteiger partial charge in [0.25, 0.3) is 10.0 Å². The van der Waals surface area contributed by atoms with E-state index in [0.717, 1.165) is 15.6 Å². The molecule has 2 rings (SSSR count). The van der Waals surface area contributed by atoms with Gasteiger partial charge in [0.05, 0.1) is 9.70 Å². The molecule has 0 bridgehead atoms. The fourth-order valence-corrected chi connectivity index (χ4v) is 5.96. The van der Waals surface area contributed by atoms with Gasteiger partial charge >= 0.3 is 6.18 Å². The maximum Gasteiger partial charge on any atom is 0.405 e. The Morgan fingerprint density at radius 1 is 1.43 bits per heavy atom. The maximum absolute atomic E-state index is 12.5. The van der Waals surface area contributed by atoms with Crippen molar-refractivity contribution in [2.24, 2.45) is 5.92 Å².